The highest BCUT2D eigenvalue weighted by Crippen LogP contribution is 2.28. The van der Waals surface area contributed by atoms with Crippen LogP contribution < -0.4 is 0 Å². The fourth-order valence-electron chi connectivity index (χ4n) is 6.81. The minimum Gasteiger partial charge on any atom is -0.449 e. The average Bonchev–Trinajstić information content (AvgIpc) is 2.94. The van der Waals surface area contributed by atoms with Gasteiger partial charge < -0.3 is 4.12 Å². The summed E-state index contributed by atoms with van der Waals surface area (Å²) in [6.45, 7) is 9.22. The zero-order valence-corrected chi connectivity index (χ0v) is 29.5. The molecule has 0 aliphatic heterocycles. The van der Waals surface area contributed by atoms with Crippen molar-refractivity contribution < 1.29 is 4.12 Å². The Morgan fingerprint density at radius 1 is 0.378 bits per heavy atom. The van der Waals surface area contributed by atoms with E-state index in [0.29, 0.717) is 0 Å². The lowest BCUT2D eigenvalue weighted by molar-refractivity contribution is 0.571. The molecule has 228 valence electrons. The molecule has 0 heterocycles. The zero-order valence-electron chi connectivity index (χ0n) is 27.5. The first kappa shape index (κ1) is 30.2. The summed E-state index contributed by atoms with van der Waals surface area (Å²) in [6, 6.07) is 27.4. The van der Waals surface area contributed by atoms with Crippen LogP contribution in [-0.4, -0.2) is 16.6 Å². The molecule has 8 rings (SSSR count). The maximum Gasteiger partial charge on any atom is 0.198 e. The van der Waals surface area contributed by atoms with Crippen molar-refractivity contribution in [1.29, 1.82) is 0 Å². The number of hydrogen-bond donors (Lipinski definition) is 0. The van der Waals surface area contributed by atoms with Crippen LogP contribution in [0.3, 0.4) is 0 Å². The van der Waals surface area contributed by atoms with Gasteiger partial charge in [-0.3, -0.25) is 0 Å². The number of fused-ring (bicyclic) bond motifs is 4. The Labute approximate surface area is 272 Å². The molecule has 0 unspecified atom stereocenters. The minimum atomic E-state index is -1.85. The van der Waals surface area contributed by atoms with Gasteiger partial charge in [0, 0.05) is 0 Å². The van der Waals surface area contributed by atoms with Crippen molar-refractivity contribution in [2.24, 2.45) is 0 Å². The molecule has 1 nitrogen and oxygen atoms in total. The highest BCUT2D eigenvalue weighted by Gasteiger charge is 2.29. The van der Waals surface area contributed by atoms with Gasteiger partial charge in [-0.25, -0.2) is 0 Å². The predicted octanol–water partition coefficient (Wildman–Crippen LogP) is 10.2. The molecule has 4 aromatic rings. The molecule has 0 N–H and O–H groups in total. The Bertz CT molecular complexity index is 1700. The van der Waals surface area contributed by atoms with Gasteiger partial charge in [0.15, 0.2) is 16.6 Å². The van der Waals surface area contributed by atoms with E-state index in [2.05, 4.69) is 135 Å². The molecule has 4 aromatic carbocycles. The monoisotopic (exact) mass is 622 g/mol. The first-order chi connectivity index (χ1) is 21.7. The van der Waals surface area contributed by atoms with E-state index in [9.17, 15) is 0 Å². The predicted molar refractivity (Wildman–Crippen MR) is 198 cm³/mol. The highest BCUT2D eigenvalue weighted by atomic mass is 28.4. The first-order valence-electron chi connectivity index (χ1n) is 16.9. The van der Waals surface area contributed by atoms with Gasteiger partial charge in [0.05, 0.1) is 0 Å². The third-order valence-electron chi connectivity index (χ3n) is 9.92. The van der Waals surface area contributed by atoms with Crippen LogP contribution in [0.1, 0.15) is 66.8 Å². The number of hydrogen-bond acceptors (Lipinski definition) is 1. The van der Waals surface area contributed by atoms with Gasteiger partial charge in [0.2, 0.25) is 0 Å². The maximum absolute atomic E-state index is 6.71. The topological polar surface area (TPSA) is 9.23 Å². The lowest BCUT2D eigenvalue weighted by Gasteiger charge is -2.30. The number of benzene rings is 4. The first-order valence-corrected chi connectivity index (χ1v) is 22.9. The lowest BCUT2D eigenvalue weighted by atomic mass is 9.86. The van der Waals surface area contributed by atoms with Crippen LogP contribution in [0.2, 0.25) is 26.2 Å². The Balaban J connectivity index is 0.000000156. The molecule has 4 aliphatic rings. The minimum absolute atomic E-state index is 1.24. The van der Waals surface area contributed by atoms with Gasteiger partial charge in [0.25, 0.3) is 0 Å². The molecule has 0 fully saturated rings. The number of aryl methyl sites for hydroxylation is 8. The fraction of sp³-hybridized carbons (Fsp3) is 0.286. The second-order valence-electron chi connectivity index (χ2n) is 14.4. The van der Waals surface area contributed by atoms with E-state index in [-0.39, 0.29) is 0 Å². The van der Waals surface area contributed by atoms with Gasteiger partial charge in [-0.15, -0.1) is 0 Å². The molecule has 4 aliphatic carbocycles. The van der Waals surface area contributed by atoms with Gasteiger partial charge in [-0.2, -0.15) is 0 Å². The molecule has 0 atom stereocenters. The van der Waals surface area contributed by atoms with E-state index in [1.807, 2.05) is 0 Å². The molecule has 0 spiro atoms. The van der Waals surface area contributed by atoms with Crippen molar-refractivity contribution in [3.8, 4) is 0 Å². The van der Waals surface area contributed by atoms with Crippen molar-refractivity contribution in [2.75, 3.05) is 0 Å². The van der Waals surface area contributed by atoms with E-state index >= 15 is 0 Å². The summed E-state index contributed by atoms with van der Waals surface area (Å²) in [6.07, 6.45) is 19.0. The van der Waals surface area contributed by atoms with Gasteiger partial charge in [-0.05, 0) is 144 Å². The van der Waals surface area contributed by atoms with Gasteiger partial charge >= 0.3 is 0 Å². The summed E-state index contributed by atoms with van der Waals surface area (Å²) in [5.41, 5.74) is 22.2. The Morgan fingerprint density at radius 3 is 0.889 bits per heavy atom. The SMILES string of the molecule is C(=C/c1ccc2c(c1)CC2)/c1ccc2c(c1)CC2.C[Si](C)(/C=C/c1ccc2c(c1)CC2)O[Si](C)(C)/C=C/c1ccc2c(c1)CC2. The molecule has 3 heteroatoms. The molecule has 45 heavy (non-hydrogen) atoms. The van der Waals surface area contributed by atoms with Crippen LogP contribution in [-0.2, 0) is 55.5 Å². The molecule has 0 radical (unpaired) electrons. The number of rotatable bonds is 8. The highest BCUT2D eigenvalue weighted by molar-refractivity contribution is 6.90. The smallest absolute Gasteiger partial charge is 0.198 e. The van der Waals surface area contributed by atoms with Crippen molar-refractivity contribution >= 4 is 40.9 Å². The van der Waals surface area contributed by atoms with Crippen molar-refractivity contribution in [2.45, 2.75) is 77.6 Å². The Morgan fingerprint density at radius 2 is 0.644 bits per heavy atom. The summed E-state index contributed by atoms with van der Waals surface area (Å²) in [5, 5.41) is 0. The molecule has 0 aromatic heterocycles. The van der Waals surface area contributed by atoms with Crippen molar-refractivity contribution in [3.05, 3.63) is 151 Å². The molecular weight excluding hydrogens is 577 g/mol. The summed E-state index contributed by atoms with van der Waals surface area (Å²) >= 11 is 0. The van der Waals surface area contributed by atoms with Crippen LogP contribution in [0.15, 0.2) is 84.2 Å². The molecular formula is C42H46OSi2. The van der Waals surface area contributed by atoms with E-state index in [1.165, 1.54) is 118 Å². The summed E-state index contributed by atoms with van der Waals surface area (Å²) < 4.78 is 6.71. The summed E-state index contributed by atoms with van der Waals surface area (Å²) in [5.74, 6) is 0. The fourth-order valence-corrected chi connectivity index (χ4v) is 14.0. The average molecular weight is 623 g/mol. The van der Waals surface area contributed by atoms with Crippen LogP contribution in [0.25, 0.3) is 24.3 Å². The van der Waals surface area contributed by atoms with E-state index in [1.54, 1.807) is 0 Å². The second kappa shape index (κ2) is 12.4. The van der Waals surface area contributed by atoms with E-state index < -0.39 is 16.6 Å². The van der Waals surface area contributed by atoms with Crippen LogP contribution >= 0.6 is 0 Å². The summed E-state index contributed by atoms with van der Waals surface area (Å²) in [4.78, 5) is 0. The third-order valence-corrected chi connectivity index (χ3v) is 16.1. The maximum atomic E-state index is 6.71. The normalized spacial score (nSPS) is 16.0. The van der Waals surface area contributed by atoms with Crippen LogP contribution in [0.4, 0.5) is 0 Å². The van der Waals surface area contributed by atoms with E-state index in [4.69, 9.17) is 4.12 Å². The quantitative estimate of drug-likeness (QED) is 0.140. The third kappa shape index (κ3) is 7.17. The Kier molecular flexibility index (Phi) is 8.28. The molecule has 0 saturated heterocycles. The molecule has 0 saturated carbocycles. The van der Waals surface area contributed by atoms with Gasteiger partial charge in [0.1, 0.15) is 0 Å². The Hall–Kier alpha value is -3.51. The largest absolute Gasteiger partial charge is 0.449 e. The lowest BCUT2D eigenvalue weighted by Crippen LogP contribution is -2.42. The standard InChI is InChI=1S/C24H30OSi2.C18H16/c1-26(2,15-13-19-5-7-21-9-11-23(21)17-19)25-27(3,4)16-14-20-6-8-22-10-12-24(22)18-20;1(13-3-5-15-7-9-17(15)11-13)2-14-4-6-16-8-10-18(16)12-14/h5-8,13-18H,9-12H2,1-4H3;1-6,11-12H,7-10H2/b15-13+,16-14+;2-1-. The van der Waals surface area contributed by atoms with Crippen LogP contribution in [0, 0.1) is 0 Å². The molecule has 0 bridgehead atoms. The second-order valence-corrected chi connectivity index (χ2v) is 22.3. The van der Waals surface area contributed by atoms with Crippen LogP contribution in [0.5, 0.6) is 0 Å². The van der Waals surface area contributed by atoms with Gasteiger partial charge in [-0.1, -0.05) is 108 Å². The molecule has 0 amide bonds. The van der Waals surface area contributed by atoms with Crippen molar-refractivity contribution in [3.63, 3.8) is 0 Å². The van der Waals surface area contributed by atoms with E-state index in [0.717, 1.165) is 0 Å². The van der Waals surface area contributed by atoms with Crippen molar-refractivity contribution in [1.82, 2.24) is 0 Å². The summed E-state index contributed by atoms with van der Waals surface area (Å²) in [7, 11) is -3.70. The zero-order chi connectivity index (χ0) is 31.0.